The van der Waals surface area contributed by atoms with E-state index in [9.17, 15) is 14.4 Å². The first-order valence-corrected chi connectivity index (χ1v) is 5.36. The predicted octanol–water partition coefficient (Wildman–Crippen LogP) is 1.21. The Morgan fingerprint density at radius 1 is 1.38 bits per heavy atom. The van der Waals surface area contributed by atoms with E-state index in [-0.39, 0.29) is 24.3 Å². The number of hydrogen-bond donors (Lipinski definition) is 0. The summed E-state index contributed by atoms with van der Waals surface area (Å²) in [5.41, 5.74) is 0. The molecule has 0 bridgehead atoms. The number of hydrogen-bond acceptors (Lipinski definition) is 4. The Balaban J connectivity index is 2.87. The molecule has 1 aliphatic heterocycles. The highest BCUT2D eigenvalue weighted by molar-refractivity contribution is 6.05. The Labute approximate surface area is 94.7 Å². The number of ketones is 1. The fraction of sp³-hybridized carbons (Fsp3) is 0.727. The number of imide groups is 1. The Kier molecular flexibility index (Phi) is 3.67. The van der Waals surface area contributed by atoms with Crippen molar-refractivity contribution in [1.82, 2.24) is 4.90 Å². The molecule has 0 aromatic carbocycles. The summed E-state index contributed by atoms with van der Waals surface area (Å²) in [4.78, 5) is 35.6. The molecule has 1 aliphatic rings. The molecule has 0 unspecified atom stereocenters. The average molecular weight is 227 g/mol. The fourth-order valence-corrected chi connectivity index (χ4v) is 1.56. The van der Waals surface area contributed by atoms with Crippen LogP contribution < -0.4 is 0 Å². The highest BCUT2D eigenvalue weighted by atomic mass is 16.6. The van der Waals surface area contributed by atoms with Crippen molar-refractivity contribution in [3.8, 4) is 0 Å². The van der Waals surface area contributed by atoms with E-state index in [4.69, 9.17) is 4.74 Å². The molecule has 1 saturated heterocycles. The smallest absolute Gasteiger partial charge is 0.417 e. The maximum atomic E-state index is 11.9. The summed E-state index contributed by atoms with van der Waals surface area (Å²) in [6, 6.07) is -0.262. The van der Waals surface area contributed by atoms with E-state index >= 15 is 0 Å². The number of carbonyl (C=O) groups excluding carboxylic acids is 3. The van der Waals surface area contributed by atoms with E-state index < -0.39 is 17.9 Å². The van der Waals surface area contributed by atoms with Gasteiger partial charge in [0.05, 0.1) is 12.0 Å². The van der Waals surface area contributed by atoms with Gasteiger partial charge in [-0.1, -0.05) is 13.8 Å². The first-order valence-electron chi connectivity index (χ1n) is 5.36. The number of cyclic esters (lactones) is 1. The number of nitrogens with zero attached hydrogens (tertiary/aromatic N) is 1. The molecule has 2 atom stereocenters. The first kappa shape index (κ1) is 12.7. The first-order chi connectivity index (χ1) is 7.36. The molecule has 5 heteroatoms. The summed E-state index contributed by atoms with van der Waals surface area (Å²) in [5.74, 6) is -1.37. The van der Waals surface area contributed by atoms with Gasteiger partial charge in [0, 0.05) is 0 Å². The van der Waals surface area contributed by atoms with Gasteiger partial charge < -0.3 is 4.74 Å². The molecule has 1 heterocycles. The zero-order valence-electron chi connectivity index (χ0n) is 10.0. The minimum absolute atomic E-state index is 0.120. The molecule has 0 aliphatic carbocycles. The van der Waals surface area contributed by atoms with Crippen LogP contribution in [0.15, 0.2) is 0 Å². The zero-order chi connectivity index (χ0) is 12.5. The molecule has 0 N–H and O–H groups in total. The summed E-state index contributed by atoms with van der Waals surface area (Å²) in [6.07, 6.45) is -0.642. The lowest BCUT2D eigenvalue weighted by atomic mass is 10.0. The van der Waals surface area contributed by atoms with Crippen molar-refractivity contribution in [3.63, 3.8) is 0 Å². The summed E-state index contributed by atoms with van der Waals surface area (Å²) in [6.45, 7) is 6.88. The average Bonchev–Trinajstić information content (AvgIpc) is 2.57. The molecule has 0 saturated carbocycles. The van der Waals surface area contributed by atoms with Gasteiger partial charge >= 0.3 is 6.09 Å². The third-order valence-corrected chi connectivity index (χ3v) is 2.89. The Morgan fingerprint density at radius 2 is 1.94 bits per heavy atom. The summed E-state index contributed by atoms with van der Waals surface area (Å²) >= 11 is 0. The highest BCUT2D eigenvalue weighted by Gasteiger charge is 2.41. The van der Waals surface area contributed by atoms with Crippen molar-refractivity contribution >= 4 is 17.8 Å². The van der Waals surface area contributed by atoms with E-state index in [1.54, 1.807) is 0 Å². The molecule has 0 radical (unpaired) electrons. The molecule has 0 spiro atoms. The largest absolute Gasteiger partial charge is 0.447 e. The van der Waals surface area contributed by atoms with Crippen molar-refractivity contribution in [2.24, 2.45) is 11.8 Å². The van der Waals surface area contributed by atoms with Gasteiger partial charge in [-0.05, 0) is 19.8 Å². The zero-order valence-corrected chi connectivity index (χ0v) is 10.0. The maximum Gasteiger partial charge on any atom is 0.417 e. The van der Waals surface area contributed by atoms with Crippen LogP contribution in [0.1, 0.15) is 27.7 Å². The monoisotopic (exact) mass is 227 g/mol. The van der Waals surface area contributed by atoms with E-state index in [1.165, 1.54) is 13.8 Å². The van der Waals surface area contributed by atoms with Crippen LogP contribution in [0.2, 0.25) is 0 Å². The molecule has 90 valence electrons. The fourth-order valence-electron chi connectivity index (χ4n) is 1.56. The predicted molar refractivity (Wildman–Crippen MR) is 56.7 cm³/mol. The topological polar surface area (TPSA) is 63.7 Å². The number of Topliss-reactive ketones (excluding diaryl/α,β-unsaturated/α-hetero) is 1. The van der Waals surface area contributed by atoms with E-state index in [1.807, 2.05) is 13.8 Å². The lowest BCUT2D eigenvalue weighted by Gasteiger charge is -2.24. The van der Waals surface area contributed by atoms with Gasteiger partial charge in [-0.2, -0.15) is 0 Å². The van der Waals surface area contributed by atoms with Crippen molar-refractivity contribution in [1.29, 1.82) is 0 Å². The summed E-state index contributed by atoms with van der Waals surface area (Å²) in [7, 11) is 0. The highest BCUT2D eigenvalue weighted by Crippen LogP contribution is 2.21. The molecule has 1 rings (SSSR count). The summed E-state index contributed by atoms with van der Waals surface area (Å²) < 4.78 is 4.85. The quantitative estimate of drug-likeness (QED) is 0.680. The standard InChI is InChI=1S/C11H17NO4/c1-6(2)9-5-16-11(15)12(9)10(14)7(3)8(4)13/h6-7,9H,5H2,1-4H3/t7-,9-/m1/s1. The summed E-state index contributed by atoms with van der Waals surface area (Å²) in [5, 5.41) is 0. The second kappa shape index (κ2) is 4.63. The van der Waals surface area contributed by atoms with Crippen LogP contribution in [0.25, 0.3) is 0 Å². The molecular formula is C11H17NO4. The van der Waals surface area contributed by atoms with Gasteiger partial charge in [0.2, 0.25) is 5.91 Å². The van der Waals surface area contributed by atoms with E-state index in [0.29, 0.717) is 0 Å². The number of amides is 2. The van der Waals surface area contributed by atoms with Crippen LogP contribution in [-0.4, -0.2) is 35.3 Å². The van der Waals surface area contributed by atoms with Gasteiger partial charge in [0.15, 0.2) is 0 Å². The Bertz CT molecular complexity index is 324. The van der Waals surface area contributed by atoms with E-state index in [0.717, 1.165) is 4.90 Å². The normalized spacial score (nSPS) is 22.2. The molecule has 16 heavy (non-hydrogen) atoms. The second-order valence-corrected chi connectivity index (χ2v) is 4.43. The lowest BCUT2D eigenvalue weighted by molar-refractivity contribution is -0.138. The van der Waals surface area contributed by atoms with Crippen molar-refractivity contribution in [2.45, 2.75) is 33.7 Å². The molecule has 5 nitrogen and oxygen atoms in total. The van der Waals surface area contributed by atoms with Crippen LogP contribution in [-0.2, 0) is 14.3 Å². The Hall–Kier alpha value is -1.39. The number of rotatable bonds is 3. The minimum Gasteiger partial charge on any atom is -0.447 e. The molecule has 1 fully saturated rings. The van der Waals surface area contributed by atoms with Crippen LogP contribution >= 0.6 is 0 Å². The lowest BCUT2D eigenvalue weighted by Crippen LogP contribution is -2.45. The van der Waals surface area contributed by atoms with Gasteiger partial charge in [-0.3, -0.25) is 9.59 Å². The maximum absolute atomic E-state index is 11.9. The van der Waals surface area contributed by atoms with Crippen LogP contribution in [0, 0.1) is 11.8 Å². The third kappa shape index (κ3) is 2.23. The van der Waals surface area contributed by atoms with Gasteiger partial charge in [-0.15, -0.1) is 0 Å². The van der Waals surface area contributed by atoms with Crippen molar-refractivity contribution in [3.05, 3.63) is 0 Å². The van der Waals surface area contributed by atoms with Gasteiger partial charge in [0.1, 0.15) is 12.4 Å². The van der Waals surface area contributed by atoms with Gasteiger partial charge in [-0.25, -0.2) is 9.69 Å². The molecule has 0 aromatic heterocycles. The third-order valence-electron chi connectivity index (χ3n) is 2.89. The van der Waals surface area contributed by atoms with E-state index in [2.05, 4.69) is 0 Å². The van der Waals surface area contributed by atoms with Crippen molar-refractivity contribution in [2.75, 3.05) is 6.61 Å². The SMILES string of the molecule is CC(=O)[C@@H](C)C(=O)N1C(=O)OC[C@@H]1C(C)C. The molecule has 2 amide bonds. The second-order valence-electron chi connectivity index (χ2n) is 4.43. The molecule has 0 aromatic rings. The van der Waals surface area contributed by atoms with Crippen LogP contribution in [0.3, 0.4) is 0 Å². The van der Waals surface area contributed by atoms with Gasteiger partial charge in [0.25, 0.3) is 0 Å². The number of ether oxygens (including phenoxy) is 1. The molecular weight excluding hydrogens is 210 g/mol. The Morgan fingerprint density at radius 3 is 2.38 bits per heavy atom. The van der Waals surface area contributed by atoms with Crippen LogP contribution in [0.5, 0.6) is 0 Å². The minimum atomic E-state index is -0.785. The van der Waals surface area contributed by atoms with Crippen molar-refractivity contribution < 1.29 is 19.1 Å². The number of carbonyl (C=O) groups is 3. The van der Waals surface area contributed by atoms with Crippen LogP contribution in [0.4, 0.5) is 4.79 Å².